The molecule has 5 heteroatoms. The quantitative estimate of drug-likeness (QED) is 0.825. The summed E-state index contributed by atoms with van der Waals surface area (Å²) in [6.45, 7) is 2.88. The van der Waals surface area contributed by atoms with E-state index in [1.165, 1.54) is 11.1 Å². The van der Waals surface area contributed by atoms with Gasteiger partial charge < -0.3 is 14.8 Å². The lowest BCUT2D eigenvalue weighted by molar-refractivity contribution is 0.0951. The molecule has 0 saturated carbocycles. The Labute approximate surface area is 140 Å². The first-order valence-corrected chi connectivity index (χ1v) is 8.69. The van der Waals surface area contributed by atoms with Crippen molar-refractivity contribution in [3.05, 3.63) is 59.2 Å². The smallest absolute Gasteiger partial charge is 0.255 e. The van der Waals surface area contributed by atoms with Gasteiger partial charge in [0.05, 0.1) is 5.56 Å². The highest BCUT2D eigenvalue weighted by atomic mass is 32.2. The number of fused-ring (bicyclic) bond motifs is 1. The van der Waals surface area contributed by atoms with Gasteiger partial charge in [-0.1, -0.05) is 35.9 Å². The average molecular weight is 329 g/mol. The molecule has 1 aliphatic rings. The summed E-state index contributed by atoms with van der Waals surface area (Å²) in [5.41, 5.74) is 3.11. The zero-order chi connectivity index (χ0) is 16.1. The minimum atomic E-state index is -0.122. The normalized spacial score (nSPS) is 12.2. The fourth-order valence-electron chi connectivity index (χ4n) is 2.32. The largest absolute Gasteiger partial charge is 0.454 e. The van der Waals surface area contributed by atoms with E-state index in [1.807, 2.05) is 0 Å². The summed E-state index contributed by atoms with van der Waals surface area (Å²) in [5.74, 6) is 2.87. The number of amides is 1. The molecule has 1 heterocycles. The Morgan fingerprint density at radius 1 is 1.17 bits per heavy atom. The van der Waals surface area contributed by atoms with Crippen LogP contribution in [0.25, 0.3) is 0 Å². The molecule has 0 saturated heterocycles. The number of aryl methyl sites for hydroxylation is 1. The maximum absolute atomic E-state index is 12.2. The van der Waals surface area contributed by atoms with Gasteiger partial charge in [-0.05, 0) is 24.6 Å². The number of nitrogens with one attached hydrogen (secondary N) is 1. The Balaban J connectivity index is 1.43. The van der Waals surface area contributed by atoms with Crippen LogP contribution < -0.4 is 14.8 Å². The minimum absolute atomic E-state index is 0.122. The summed E-state index contributed by atoms with van der Waals surface area (Å²) < 4.78 is 10.6. The second kappa shape index (κ2) is 7.42. The second-order valence-electron chi connectivity index (χ2n) is 5.33. The van der Waals surface area contributed by atoms with Gasteiger partial charge in [0, 0.05) is 18.1 Å². The molecule has 1 N–H and O–H groups in total. The summed E-state index contributed by atoms with van der Waals surface area (Å²) in [6, 6.07) is 13.9. The first-order chi connectivity index (χ1) is 11.2. The molecule has 1 amide bonds. The van der Waals surface area contributed by atoms with Crippen molar-refractivity contribution in [3.8, 4) is 11.5 Å². The van der Waals surface area contributed by atoms with E-state index in [0.717, 1.165) is 11.5 Å². The van der Waals surface area contributed by atoms with Gasteiger partial charge >= 0.3 is 0 Å². The fraction of sp³-hybridized carbons (Fsp3) is 0.278. The van der Waals surface area contributed by atoms with Gasteiger partial charge in [-0.2, -0.15) is 11.8 Å². The van der Waals surface area contributed by atoms with Crippen LogP contribution in [0, 0.1) is 6.92 Å². The summed E-state index contributed by atoms with van der Waals surface area (Å²) in [4.78, 5) is 12.2. The van der Waals surface area contributed by atoms with E-state index in [4.69, 9.17) is 9.47 Å². The molecule has 0 radical (unpaired) electrons. The number of rotatable bonds is 6. The van der Waals surface area contributed by atoms with Crippen molar-refractivity contribution in [2.75, 3.05) is 19.1 Å². The van der Waals surface area contributed by atoms with Gasteiger partial charge in [0.25, 0.3) is 5.91 Å². The van der Waals surface area contributed by atoms with Crippen LogP contribution in [0.2, 0.25) is 0 Å². The SMILES string of the molecule is Cc1ccc(CSCCNC(=O)c2cccc3c2OCO3)cc1. The number of hydrogen-bond donors (Lipinski definition) is 1. The van der Waals surface area contributed by atoms with Crippen molar-refractivity contribution in [3.63, 3.8) is 0 Å². The number of benzene rings is 2. The van der Waals surface area contributed by atoms with Crippen LogP contribution in [-0.4, -0.2) is 25.0 Å². The molecule has 4 nitrogen and oxygen atoms in total. The van der Waals surface area contributed by atoms with Gasteiger partial charge in [-0.25, -0.2) is 0 Å². The molecular weight excluding hydrogens is 310 g/mol. The number of carbonyl (C=O) groups is 1. The van der Waals surface area contributed by atoms with Crippen molar-refractivity contribution < 1.29 is 14.3 Å². The Kier molecular flexibility index (Phi) is 5.08. The number of ether oxygens (including phenoxy) is 2. The standard InChI is InChI=1S/C18H19NO3S/c1-13-5-7-14(8-6-13)11-23-10-9-19-18(20)15-3-2-4-16-17(15)22-12-21-16/h2-8H,9-12H2,1H3,(H,19,20). The number of thioether (sulfide) groups is 1. The van der Waals surface area contributed by atoms with Crippen LogP contribution in [0.1, 0.15) is 21.5 Å². The third kappa shape index (κ3) is 3.99. The van der Waals surface area contributed by atoms with E-state index in [9.17, 15) is 4.79 Å². The van der Waals surface area contributed by atoms with Crippen LogP contribution in [0.5, 0.6) is 11.5 Å². The van der Waals surface area contributed by atoms with Gasteiger partial charge in [0.2, 0.25) is 6.79 Å². The highest BCUT2D eigenvalue weighted by Crippen LogP contribution is 2.35. The molecule has 120 valence electrons. The lowest BCUT2D eigenvalue weighted by Crippen LogP contribution is -2.26. The molecule has 2 aromatic carbocycles. The molecule has 0 aliphatic carbocycles. The van der Waals surface area contributed by atoms with Crippen molar-refractivity contribution in [2.45, 2.75) is 12.7 Å². The van der Waals surface area contributed by atoms with Crippen LogP contribution in [0.15, 0.2) is 42.5 Å². The van der Waals surface area contributed by atoms with E-state index in [1.54, 1.807) is 30.0 Å². The molecule has 0 atom stereocenters. The Bertz CT molecular complexity index is 685. The number of para-hydroxylation sites is 1. The topological polar surface area (TPSA) is 47.6 Å². The second-order valence-corrected chi connectivity index (χ2v) is 6.44. The molecule has 1 aliphatic heterocycles. The van der Waals surface area contributed by atoms with E-state index < -0.39 is 0 Å². The van der Waals surface area contributed by atoms with Crippen molar-refractivity contribution in [1.82, 2.24) is 5.32 Å². The van der Waals surface area contributed by atoms with Gasteiger partial charge in [0.1, 0.15) is 0 Å². The maximum Gasteiger partial charge on any atom is 0.255 e. The maximum atomic E-state index is 12.2. The number of carbonyl (C=O) groups excluding carboxylic acids is 1. The molecule has 2 aromatic rings. The van der Waals surface area contributed by atoms with E-state index in [2.05, 4.69) is 36.5 Å². The fourth-order valence-corrected chi connectivity index (χ4v) is 3.13. The molecule has 0 unspecified atom stereocenters. The predicted octanol–water partition coefficient (Wildman–Crippen LogP) is 3.39. The summed E-state index contributed by atoms with van der Waals surface area (Å²) in [5, 5.41) is 2.93. The highest BCUT2D eigenvalue weighted by Gasteiger charge is 2.21. The first kappa shape index (κ1) is 15.7. The van der Waals surface area contributed by atoms with Gasteiger partial charge in [-0.15, -0.1) is 0 Å². The average Bonchev–Trinajstić information content (AvgIpc) is 3.04. The zero-order valence-electron chi connectivity index (χ0n) is 13.0. The summed E-state index contributed by atoms with van der Waals surface area (Å²) in [7, 11) is 0. The van der Waals surface area contributed by atoms with Crippen LogP contribution >= 0.6 is 11.8 Å². The van der Waals surface area contributed by atoms with E-state index in [0.29, 0.717) is 23.6 Å². The molecular formula is C18H19NO3S. The number of hydrogen-bond acceptors (Lipinski definition) is 4. The molecule has 0 bridgehead atoms. The Morgan fingerprint density at radius 2 is 2.00 bits per heavy atom. The molecule has 3 rings (SSSR count). The van der Waals surface area contributed by atoms with E-state index in [-0.39, 0.29) is 12.7 Å². The summed E-state index contributed by atoms with van der Waals surface area (Å²) >= 11 is 1.80. The first-order valence-electron chi connectivity index (χ1n) is 7.54. The Morgan fingerprint density at radius 3 is 2.83 bits per heavy atom. The lowest BCUT2D eigenvalue weighted by Gasteiger charge is -2.07. The minimum Gasteiger partial charge on any atom is -0.454 e. The molecule has 0 fully saturated rings. The van der Waals surface area contributed by atoms with E-state index >= 15 is 0 Å². The predicted molar refractivity (Wildman–Crippen MR) is 92.2 cm³/mol. The van der Waals surface area contributed by atoms with Gasteiger partial charge in [0.15, 0.2) is 11.5 Å². The Hall–Kier alpha value is -2.14. The zero-order valence-corrected chi connectivity index (χ0v) is 13.8. The van der Waals surface area contributed by atoms with Crippen LogP contribution in [0.4, 0.5) is 0 Å². The van der Waals surface area contributed by atoms with Gasteiger partial charge in [-0.3, -0.25) is 4.79 Å². The van der Waals surface area contributed by atoms with Crippen molar-refractivity contribution in [2.24, 2.45) is 0 Å². The lowest BCUT2D eigenvalue weighted by atomic mass is 10.2. The monoisotopic (exact) mass is 329 g/mol. The molecule has 23 heavy (non-hydrogen) atoms. The highest BCUT2D eigenvalue weighted by molar-refractivity contribution is 7.98. The third-order valence-electron chi connectivity index (χ3n) is 3.56. The van der Waals surface area contributed by atoms with Crippen LogP contribution in [-0.2, 0) is 5.75 Å². The molecule has 0 aromatic heterocycles. The van der Waals surface area contributed by atoms with Crippen molar-refractivity contribution >= 4 is 17.7 Å². The van der Waals surface area contributed by atoms with Crippen LogP contribution in [0.3, 0.4) is 0 Å². The summed E-state index contributed by atoms with van der Waals surface area (Å²) in [6.07, 6.45) is 0. The van der Waals surface area contributed by atoms with Crippen molar-refractivity contribution in [1.29, 1.82) is 0 Å². The molecule has 0 spiro atoms. The third-order valence-corrected chi connectivity index (χ3v) is 4.59.